The first-order chi connectivity index (χ1) is 17.0. The van der Waals surface area contributed by atoms with Gasteiger partial charge in [-0.05, 0) is 31.0 Å². The first kappa shape index (κ1) is 24.4. The zero-order chi connectivity index (χ0) is 24.8. The molecule has 0 spiro atoms. The molecular weight excluding hydrogens is 444 g/mol. The summed E-state index contributed by atoms with van der Waals surface area (Å²) in [7, 11) is 0. The number of amides is 1. The largest absolute Gasteiger partial charge is 0.330 e. The van der Waals surface area contributed by atoms with Crippen LogP contribution in [0.15, 0.2) is 46.0 Å². The van der Waals surface area contributed by atoms with E-state index < -0.39 is 11.2 Å². The summed E-state index contributed by atoms with van der Waals surface area (Å²) in [4.78, 5) is 49.6. The second-order valence-electron chi connectivity index (χ2n) is 8.76. The molecule has 1 aromatic carbocycles. The third kappa shape index (κ3) is 5.50. The van der Waals surface area contributed by atoms with Crippen molar-refractivity contribution in [3.05, 3.63) is 63.1 Å². The lowest BCUT2D eigenvalue weighted by Crippen LogP contribution is -2.31. The summed E-state index contributed by atoms with van der Waals surface area (Å²) in [5.74, 6) is 0.950. The summed E-state index contributed by atoms with van der Waals surface area (Å²) < 4.78 is 3.42. The maximum Gasteiger partial charge on any atom is 0.330 e. The number of benzene rings is 1. The van der Waals surface area contributed by atoms with Gasteiger partial charge in [-0.3, -0.25) is 19.1 Å². The van der Waals surface area contributed by atoms with Crippen molar-refractivity contribution in [2.45, 2.75) is 71.9 Å². The molecule has 3 aromatic heterocycles. The summed E-state index contributed by atoms with van der Waals surface area (Å²) in [6.07, 6.45) is 5.20. The van der Waals surface area contributed by atoms with Crippen LogP contribution < -0.4 is 16.6 Å². The maximum absolute atomic E-state index is 12.8. The van der Waals surface area contributed by atoms with Crippen LogP contribution in [0.3, 0.4) is 0 Å². The topological polar surface area (TPSA) is 115 Å². The number of aromatic amines is 1. The molecule has 9 nitrogen and oxygen atoms in total. The number of para-hydroxylation sites is 1. The van der Waals surface area contributed by atoms with Gasteiger partial charge in [0.25, 0.3) is 5.56 Å². The highest BCUT2D eigenvalue weighted by Crippen LogP contribution is 2.17. The molecule has 184 valence electrons. The molecule has 1 amide bonds. The van der Waals surface area contributed by atoms with Crippen LogP contribution in [0.4, 0.5) is 5.82 Å². The molecule has 4 aromatic rings. The number of H-pyrrole nitrogens is 1. The van der Waals surface area contributed by atoms with Crippen LogP contribution in [0.5, 0.6) is 0 Å². The van der Waals surface area contributed by atoms with E-state index >= 15 is 0 Å². The molecular formula is C26H32N6O3. The van der Waals surface area contributed by atoms with E-state index in [2.05, 4.69) is 22.2 Å². The SMILES string of the molecule is CCCCCn1c(CCC(=O)Nc2ccc3ccccc3n2)nc2c1c(=O)[nH]c(=O)n2CCCC. The summed E-state index contributed by atoms with van der Waals surface area (Å²) >= 11 is 0. The number of hydrogen-bond donors (Lipinski definition) is 2. The first-order valence-electron chi connectivity index (χ1n) is 12.4. The Hall–Kier alpha value is -3.75. The van der Waals surface area contributed by atoms with Gasteiger partial charge in [0.2, 0.25) is 5.91 Å². The standard InChI is InChI=1S/C26H32N6O3/c1-3-5-9-17-31-21(29-24-23(31)25(34)30-26(35)32(24)16-6-4-2)14-15-22(33)28-20-13-12-18-10-7-8-11-19(18)27-20/h7-8,10-13H,3-6,9,14-17H2,1-2H3,(H,27,28,33)(H,30,34,35). The molecule has 0 aliphatic carbocycles. The number of hydrogen-bond acceptors (Lipinski definition) is 5. The zero-order valence-corrected chi connectivity index (χ0v) is 20.3. The van der Waals surface area contributed by atoms with E-state index in [0.717, 1.165) is 43.0 Å². The van der Waals surface area contributed by atoms with Crippen LogP contribution in [0.2, 0.25) is 0 Å². The van der Waals surface area contributed by atoms with Gasteiger partial charge in [0.1, 0.15) is 11.6 Å². The number of pyridine rings is 1. The fourth-order valence-corrected chi connectivity index (χ4v) is 4.26. The normalized spacial score (nSPS) is 11.4. The van der Waals surface area contributed by atoms with Crippen LogP contribution >= 0.6 is 0 Å². The van der Waals surface area contributed by atoms with Crippen molar-refractivity contribution in [2.24, 2.45) is 0 Å². The van der Waals surface area contributed by atoms with Gasteiger partial charge in [-0.15, -0.1) is 0 Å². The number of fused-ring (bicyclic) bond motifs is 2. The Bertz CT molecular complexity index is 1450. The number of aryl methyl sites for hydroxylation is 3. The molecule has 2 N–H and O–H groups in total. The van der Waals surface area contributed by atoms with Crippen LogP contribution in [0.25, 0.3) is 22.1 Å². The minimum Gasteiger partial charge on any atom is -0.322 e. The average molecular weight is 477 g/mol. The molecule has 0 aliphatic rings. The monoisotopic (exact) mass is 476 g/mol. The number of anilines is 1. The molecule has 35 heavy (non-hydrogen) atoms. The number of nitrogens with zero attached hydrogens (tertiary/aromatic N) is 4. The third-order valence-electron chi connectivity index (χ3n) is 6.13. The fraction of sp³-hybridized carbons (Fsp3) is 0.423. The second-order valence-corrected chi connectivity index (χ2v) is 8.76. The molecule has 0 saturated carbocycles. The van der Waals surface area contributed by atoms with E-state index in [4.69, 9.17) is 4.98 Å². The number of rotatable bonds is 11. The highest BCUT2D eigenvalue weighted by molar-refractivity contribution is 5.91. The Morgan fingerprint density at radius 1 is 0.943 bits per heavy atom. The van der Waals surface area contributed by atoms with Gasteiger partial charge in [0.05, 0.1) is 5.52 Å². The Morgan fingerprint density at radius 2 is 1.71 bits per heavy atom. The van der Waals surface area contributed by atoms with Gasteiger partial charge in [0.15, 0.2) is 11.2 Å². The van der Waals surface area contributed by atoms with E-state index in [1.165, 1.54) is 0 Å². The van der Waals surface area contributed by atoms with E-state index in [9.17, 15) is 14.4 Å². The van der Waals surface area contributed by atoms with Crippen molar-refractivity contribution in [1.82, 2.24) is 24.1 Å². The van der Waals surface area contributed by atoms with Crippen molar-refractivity contribution in [3.8, 4) is 0 Å². The summed E-state index contributed by atoms with van der Waals surface area (Å²) in [6.45, 7) is 5.27. The average Bonchev–Trinajstić information content (AvgIpc) is 3.21. The van der Waals surface area contributed by atoms with E-state index in [1.807, 2.05) is 41.8 Å². The maximum atomic E-state index is 12.8. The molecule has 3 heterocycles. The van der Waals surface area contributed by atoms with Crippen molar-refractivity contribution >= 4 is 33.8 Å². The Morgan fingerprint density at radius 3 is 2.51 bits per heavy atom. The van der Waals surface area contributed by atoms with Crippen LogP contribution in [-0.2, 0) is 24.3 Å². The lowest BCUT2D eigenvalue weighted by atomic mass is 10.2. The number of unbranched alkanes of at least 4 members (excludes halogenated alkanes) is 3. The quantitative estimate of drug-likeness (QED) is 0.318. The molecule has 0 saturated heterocycles. The molecule has 4 rings (SSSR count). The molecule has 0 bridgehead atoms. The minimum absolute atomic E-state index is 0.183. The number of imidazole rings is 1. The van der Waals surface area contributed by atoms with Gasteiger partial charge >= 0.3 is 5.69 Å². The van der Waals surface area contributed by atoms with Crippen molar-refractivity contribution in [2.75, 3.05) is 5.32 Å². The Balaban J connectivity index is 1.59. The Labute approximate surface area is 203 Å². The summed E-state index contributed by atoms with van der Waals surface area (Å²) in [5, 5.41) is 3.86. The van der Waals surface area contributed by atoms with Crippen molar-refractivity contribution < 1.29 is 4.79 Å². The van der Waals surface area contributed by atoms with Crippen LogP contribution in [0.1, 0.15) is 58.2 Å². The van der Waals surface area contributed by atoms with Gasteiger partial charge in [-0.1, -0.05) is 51.3 Å². The number of carbonyl (C=O) groups is 1. The van der Waals surface area contributed by atoms with E-state index in [1.54, 1.807) is 10.6 Å². The highest BCUT2D eigenvalue weighted by Gasteiger charge is 2.19. The van der Waals surface area contributed by atoms with Gasteiger partial charge in [-0.25, -0.2) is 14.8 Å². The van der Waals surface area contributed by atoms with Crippen LogP contribution in [0, 0.1) is 0 Å². The second kappa shape index (κ2) is 11.1. The predicted molar refractivity (Wildman–Crippen MR) is 138 cm³/mol. The number of nitrogens with one attached hydrogen (secondary N) is 2. The number of carbonyl (C=O) groups excluding carboxylic acids is 1. The van der Waals surface area contributed by atoms with Gasteiger partial charge in [-0.2, -0.15) is 0 Å². The van der Waals surface area contributed by atoms with E-state index in [-0.39, 0.29) is 12.3 Å². The van der Waals surface area contributed by atoms with Gasteiger partial charge in [0, 0.05) is 31.3 Å². The molecule has 9 heteroatoms. The lowest BCUT2D eigenvalue weighted by molar-refractivity contribution is -0.116. The minimum atomic E-state index is -0.444. The fourth-order valence-electron chi connectivity index (χ4n) is 4.26. The zero-order valence-electron chi connectivity index (χ0n) is 20.3. The predicted octanol–water partition coefficient (Wildman–Crippen LogP) is 4.00. The smallest absolute Gasteiger partial charge is 0.322 e. The summed E-state index contributed by atoms with van der Waals surface area (Å²) in [6, 6.07) is 11.4. The lowest BCUT2D eigenvalue weighted by Gasteiger charge is -2.09. The Kier molecular flexibility index (Phi) is 7.74. The molecule has 0 atom stereocenters. The summed E-state index contributed by atoms with van der Waals surface area (Å²) in [5.41, 5.74) is 0.740. The molecule has 0 radical (unpaired) electrons. The van der Waals surface area contributed by atoms with Crippen molar-refractivity contribution in [3.63, 3.8) is 0 Å². The first-order valence-corrected chi connectivity index (χ1v) is 12.4. The number of aromatic nitrogens is 5. The molecule has 0 aliphatic heterocycles. The van der Waals surface area contributed by atoms with Crippen LogP contribution in [-0.4, -0.2) is 30.0 Å². The van der Waals surface area contributed by atoms with Crippen molar-refractivity contribution in [1.29, 1.82) is 0 Å². The molecule has 0 unspecified atom stereocenters. The van der Waals surface area contributed by atoms with Gasteiger partial charge < -0.3 is 9.88 Å². The van der Waals surface area contributed by atoms with E-state index in [0.29, 0.717) is 42.3 Å². The highest BCUT2D eigenvalue weighted by atomic mass is 16.2. The third-order valence-corrected chi connectivity index (χ3v) is 6.13. The molecule has 0 fully saturated rings.